The molecule has 0 heterocycles. The predicted molar refractivity (Wildman–Crippen MR) is 138 cm³/mol. The third-order valence-corrected chi connectivity index (χ3v) is 5.20. The predicted octanol–water partition coefficient (Wildman–Crippen LogP) is 5.60. The number of methoxy groups -OCH3 is 1. The van der Waals surface area contributed by atoms with Gasteiger partial charge in [-0.1, -0.05) is 37.1 Å². The molecule has 0 aliphatic rings. The molecule has 198 valence electrons. The van der Waals surface area contributed by atoms with Gasteiger partial charge in [0.05, 0.1) is 38.1 Å². The molecule has 0 saturated heterocycles. The van der Waals surface area contributed by atoms with Crippen LogP contribution in [0, 0.1) is 0 Å². The lowest BCUT2D eigenvalue weighted by Gasteiger charge is -2.14. The maximum atomic E-state index is 11.4. The normalized spacial score (nSPS) is 11.3. The monoisotopic (exact) mass is 522 g/mol. The third kappa shape index (κ3) is 10.4. The van der Waals surface area contributed by atoms with Crippen LogP contribution in [-0.2, 0) is 25.4 Å². The Bertz CT molecular complexity index is 976. The summed E-state index contributed by atoms with van der Waals surface area (Å²) >= 11 is 6.34. The van der Waals surface area contributed by atoms with Crippen LogP contribution in [0.3, 0.4) is 0 Å². The zero-order chi connectivity index (χ0) is 26.2. The van der Waals surface area contributed by atoms with E-state index in [0.717, 1.165) is 18.4 Å². The quantitative estimate of drug-likeness (QED) is 0.117. The molecule has 0 atom stereocenters. The standard InChI is InChI=1S/C27H35ClO8/c1-4-6-12-34-25-17-21(18-26(27(29)30)33-5-2)8-10-24(25)35-13-11-20-7-9-23(22(28)16-20)36-19-32-15-14-31-3/h7-10,16-18H,4-6,11-15,19H2,1-3H3,(H,29,30)/b26-18-. The fourth-order valence-electron chi connectivity index (χ4n) is 3.05. The van der Waals surface area contributed by atoms with Gasteiger partial charge in [-0.25, -0.2) is 4.79 Å². The smallest absolute Gasteiger partial charge is 0.371 e. The van der Waals surface area contributed by atoms with Gasteiger partial charge in [-0.05, 0) is 54.8 Å². The highest BCUT2D eigenvalue weighted by Crippen LogP contribution is 2.30. The Kier molecular flexibility index (Phi) is 13.6. The molecule has 0 unspecified atom stereocenters. The first-order valence-electron chi connectivity index (χ1n) is 11.9. The Hall–Kier alpha value is -2.94. The Morgan fingerprint density at radius 2 is 1.72 bits per heavy atom. The van der Waals surface area contributed by atoms with Crippen LogP contribution in [0.25, 0.3) is 6.08 Å². The second kappa shape index (κ2) is 16.7. The van der Waals surface area contributed by atoms with Crippen molar-refractivity contribution in [2.45, 2.75) is 33.1 Å². The lowest BCUT2D eigenvalue weighted by atomic mass is 10.1. The first-order valence-corrected chi connectivity index (χ1v) is 12.3. The fourth-order valence-corrected chi connectivity index (χ4v) is 3.30. The van der Waals surface area contributed by atoms with Crippen molar-refractivity contribution >= 4 is 23.6 Å². The van der Waals surface area contributed by atoms with Crippen LogP contribution in [0.5, 0.6) is 17.2 Å². The number of aliphatic carboxylic acids is 1. The number of benzene rings is 2. The second-order valence-electron chi connectivity index (χ2n) is 7.68. The molecule has 0 fully saturated rings. The minimum Gasteiger partial charge on any atom is -0.490 e. The number of carboxylic acid groups (broad SMARTS) is 1. The highest BCUT2D eigenvalue weighted by molar-refractivity contribution is 6.32. The van der Waals surface area contributed by atoms with Gasteiger partial charge in [-0.2, -0.15) is 0 Å². The minimum absolute atomic E-state index is 0.0933. The van der Waals surface area contributed by atoms with E-state index in [2.05, 4.69) is 6.92 Å². The molecule has 0 aliphatic heterocycles. The summed E-state index contributed by atoms with van der Waals surface area (Å²) in [7, 11) is 1.61. The average molecular weight is 523 g/mol. The number of hydrogen-bond acceptors (Lipinski definition) is 7. The summed E-state index contributed by atoms with van der Waals surface area (Å²) in [5.74, 6) is 0.419. The summed E-state index contributed by atoms with van der Waals surface area (Å²) in [5, 5.41) is 9.81. The molecule has 0 saturated carbocycles. The van der Waals surface area contributed by atoms with E-state index in [0.29, 0.717) is 60.7 Å². The summed E-state index contributed by atoms with van der Waals surface area (Å²) in [6.07, 6.45) is 3.97. The summed E-state index contributed by atoms with van der Waals surface area (Å²) in [4.78, 5) is 11.4. The molecule has 0 amide bonds. The first-order chi connectivity index (χ1) is 17.5. The van der Waals surface area contributed by atoms with E-state index < -0.39 is 5.97 Å². The van der Waals surface area contributed by atoms with E-state index in [9.17, 15) is 9.90 Å². The van der Waals surface area contributed by atoms with E-state index in [1.54, 1.807) is 38.3 Å². The average Bonchev–Trinajstić information content (AvgIpc) is 2.86. The van der Waals surface area contributed by atoms with Crippen LogP contribution in [0.1, 0.15) is 37.8 Å². The number of carboxylic acids is 1. The Morgan fingerprint density at radius 3 is 2.42 bits per heavy atom. The van der Waals surface area contributed by atoms with Gasteiger partial charge in [-0.15, -0.1) is 0 Å². The van der Waals surface area contributed by atoms with Crippen LogP contribution >= 0.6 is 11.6 Å². The van der Waals surface area contributed by atoms with Gasteiger partial charge in [-0.3, -0.25) is 0 Å². The van der Waals surface area contributed by atoms with Crippen molar-refractivity contribution in [2.75, 3.05) is 46.9 Å². The van der Waals surface area contributed by atoms with Gasteiger partial charge in [0.25, 0.3) is 0 Å². The Labute approximate surface area is 217 Å². The molecule has 2 rings (SSSR count). The summed E-state index contributed by atoms with van der Waals surface area (Å²) in [5.41, 5.74) is 1.64. The van der Waals surface area contributed by atoms with Gasteiger partial charge in [0.15, 0.2) is 18.3 Å². The lowest BCUT2D eigenvalue weighted by Crippen LogP contribution is -2.08. The summed E-state index contributed by atoms with van der Waals surface area (Å²) < 4.78 is 32.9. The maximum absolute atomic E-state index is 11.4. The Balaban J connectivity index is 2.01. The van der Waals surface area contributed by atoms with Crippen molar-refractivity contribution in [3.8, 4) is 17.2 Å². The van der Waals surface area contributed by atoms with Crippen LogP contribution in [0.15, 0.2) is 42.2 Å². The second-order valence-corrected chi connectivity index (χ2v) is 8.09. The zero-order valence-electron chi connectivity index (χ0n) is 21.1. The number of carbonyl (C=O) groups is 1. The lowest BCUT2D eigenvalue weighted by molar-refractivity contribution is -0.136. The molecule has 1 N–H and O–H groups in total. The molecule has 9 heteroatoms. The fraction of sp³-hybridized carbons (Fsp3) is 0.444. The van der Waals surface area contributed by atoms with Crippen molar-refractivity contribution in [3.05, 3.63) is 58.3 Å². The molecule has 0 aromatic heterocycles. The number of unbranched alkanes of at least 4 members (excludes halogenated alkanes) is 1. The van der Waals surface area contributed by atoms with Crippen molar-refractivity contribution in [3.63, 3.8) is 0 Å². The molecule has 0 aliphatic carbocycles. The van der Waals surface area contributed by atoms with Crippen molar-refractivity contribution in [2.24, 2.45) is 0 Å². The molecule has 0 spiro atoms. The van der Waals surface area contributed by atoms with E-state index in [1.807, 2.05) is 12.1 Å². The third-order valence-electron chi connectivity index (χ3n) is 4.91. The number of ether oxygens (including phenoxy) is 6. The minimum atomic E-state index is -1.13. The molecule has 0 radical (unpaired) electrons. The number of halogens is 1. The van der Waals surface area contributed by atoms with E-state index in [4.69, 9.17) is 40.0 Å². The van der Waals surface area contributed by atoms with Crippen LogP contribution in [0.2, 0.25) is 5.02 Å². The number of rotatable bonds is 18. The Morgan fingerprint density at radius 1 is 0.944 bits per heavy atom. The SMILES string of the molecule is CCCCOc1cc(/C=C(\OCC)C(=O)O)ccc1OCCc1ccc(OCOCCOC)c(Cl)c1. The van der Waals surface area contributed by atoms with Gasteiger partial charge < -0.3 is 33.5 Å². The molecule has 2 aromatic rings. The van der Waals surface area contributed by atoms with Crippen molar-refractivity contribution in [1.29, 1.82) is 0 Å². The van der Waals surface area contributed by atoms with E-state index in [-0.39, 0.29) is 19.2 Å². The van der Waals surface area contributed by atoms with Crippen LogP contribution < -0.4 is 14.2 Å². The van der Waals surface area contributed by atoms with Crippen LogP contribution in [0.4, 0.5) is 0 Å². The van der Waals surface area contributed by atoms with E-state index >= 15 is 0 Å². The molecular weight excluding hydrogens is 488 g/mol. The molecular formula is C27H35ClO8. The maximum Gasteiger partial charge on any atom is 0.371 e. The van der Waals surface area contributed by atoms with Gasteiger partial charge in [0, 0.05) is 13.5 Å². The van der Waals surface area contributed by atoms with Crippen molar-refractivity contribution < 1.29 is 38.3 Å². The summed E-state index contributed by atoms with van der Waals surface area (Å²) in [6, 6.07) is 10.9. The topological polar surface area (TPSA) is 92.7 Å². The molecule has 2 aromatic carbocycles. The van der Waals surface area contributed by atoms with Crippen molar-refractivity contribution in [1.82, 2.24) is 0 Å². The first kappa shape index (κ1) is 29.3. The molecule has 36 heavy (non-hydrogen) atoms. The highest BCUT2D eigenvalue weighted by Gasteiger charge is 2.12. The van der Waals surface area contributed by atoms with Gasteiger partial charge in [0.2, 0.25) is 5.76 Å². The van der Waals surface area contributed by atoms with Crippen LogP contribution in [-0.4, -0.2) is 58.0 Å². The zero-order valence-corrected chi connectivity index (χ0v) is 21.8. The van der Waals surface area contributed by atoms with E-state index in [1.165, 1.54) is 6.08 Å². The number of hydrogen-bond donors (Lipinski definition) is 1. The highest BCUT2D eigenvalue weighted by atomic mass is 35.5. The molecule has 8 nitrogen and oxygen atoms in total. The van der Waals surface area contributed by atoms with Gasteiger partial charge >= 0.3 is 5.97 Å². The molecule has 0 bridgehead atoms. The van der Waals surface area contributed by atoms with Gasteiger partial charge in [0.1, 0.15) is 5.75 Å². The summed E-state index contributed by atoms with van der Waals surface area (Å²) in [6.45, 7) is 6.04. The largest absolute Gasteiger partial charge is 0.490 e.